The number of hydrogen-bond donors (Lipinski definition) is 1. The lowest BCUT2D eigenvalue weighted by Gasteiger charge is -2.38. The van der Waals surface area contributed by atoms with Crippen molar-refractivity contribution in [1.29, 1.82) is 0 Å². The normalized spacial score (nSPS) is 32.9. The van der Waals surface area contributed by atoms with Gasteiger partial charge in [-0.2, -0.15) is 5.06 Å². The van der Waals surface area contributed by atoms with Gasteiger partial charge in [0.2, 0.25) is 0 Å². The Labute approximate surface area is 109 Å². The highest BCUT2D eigenvalue weighted by Crippen LogP contribution is 2.43. The highest BCUT2D eigenvalue weighted by Gasteiger charge is 2.42. The van der Waals surface area contributed by atoms with E-state index in [1.807, 2.05) is 20.8 Å². The molecule has 2 unspecified atom stereocenters. The molecule has 5 nitrogen and oxygen atoms in total. The zero-order valence-electron chi connectivity index (χ0n) is 11.6. The maximum Gasteiger partial charge on any atom is 0.434 e. The minimum absolute atomic E-state index is 0.192. The first kappa shape index (κ1) is 13.6. The Hall–Kier alpha value is -0.810. The molecule has 1 aliphatic heterocycles. The summed E-state index contributed by atoms with van der Waals surface area (Å²) in [5.74, 6) is 0. The van der Waals surface area contributed by atoms with Gasteiger partial charge in [0.1, 0.15) is 5.60 Å². The molecule has 0 aromatic heterocycles. The predicted molar refractivity (Wildman–Crippen MR) is 67.8 cm³/mol. The third kappa shape index (κ3) is 3.14. The Balaban J connectivity index is 1.85. The molecule has 2 rings (SSSR count). The van der Waals surface area contributed by atoms with Crippen molar-refractivity contribution in [2.24, 2.45) is 11.1 Å². The second-order valence-electron chi connectivity index (χ2n) is 6.61. The minimum Gasteiger partial charge on any atom is -0.442 e. The Morgan fingerprint density at radius 1 is 1.44 bits per heavy atom. The summed E-state index contributed by atoms with van der Waals surface area (Å²) in [6.07, 6.45) is 3.75. The van der Waals surface area contributed by atoms with Crippen LogP contribution in [0.15, 0.2) is 0 Å². The van der Waals surface area contributed by atoms with Crippen molar-refractivity contribution in [2.45, 2.75) is 58.1 Å². The van der Waals surface area contributed by atoms with Gasteiger partial charge in [0.15, 0.2) is 0 Å². The van der Waals surface area contributed by atoms with Crippen LogP contribution >= 0.6 is 0 Å². The predicted octanol–water partition coefficient (Wildman–Crippen LogP) is 2.06. The van der Waals surface area contributed by atoms with Crippen molar-refractivity contribution in [3.63, 3.8) is 0 Å². The summed E-state index contributed by atoms with van der Waals surface area (Å²) in [5.41, 5.74) is 5.67. The van der Waals surface area contributed by atoms with Crippen molar-refractivity contribution < 1.29 is 14.4 Å². The lowest BCUT2D eigenvalue weighted by molar-refractivity contribution is -0.201. The van der Waals surface area contributed by atoms with Gasteiger partial charge in [0, 0.05) is 6.04 Å². The Morgan fingerprint density at radius 3 is 2.61 bits per heavy atom. The zero-order valence-corrected chi connectivity index (χ0v) is 11.6. The van der Waals surface area contributed by atoms with E-state index in [0.717, 1.165) is 25.7 Å². The van der Waals surface area contributed by atoms with Gasteiger partial charge in [-0.3, -0.25) is 4.84 Å². The van der Waals surface area contributed by atoms with E-state index in [-0.39, 0.29) is 11.5 Å². The van der Waals surface area contributed by atoms with Crippen molar-refractivity contribution in [1.82, 2.24) is 5.06 Å². The van der Waals surface area contributed by atoms with Crippen molar-refractivity contribution >= 4 is 6.09 Å². The van der Waals surface area contributed by atoms with Crippen LogP contribution in [0.3, 0.4) is 0 Å². The second kappa shape index (κ2) is 4.70. The lowest BCUT2D eigenvalue weighted by Crippen LogP contribution is -2.46. The van der Waals surface area contributed by atoms with Crippen LogP contribution in [-0.2, 0) is 9.57 Å². The van der Waals surface area contributed by atoms with Crippen LogP contribution in [0.1, 0.15) is 46.5 Å². The van der Waals surface area contributed by atoms with Crippen LogP contribution in [0.4, 0.5) is 4.79 Å². The average molecular weight is 256 g/mol. The number of carbonyl (C=O) groups excluding carboxylic acids is 1. The monoisotopic (exact) mass is 256 g/mol. The summed E-state index contributed by atoms with van der Waals surface area (Å²) in [4.78, 5) is 17.4. The number of nitrogens with zero attached hydrogens (tertiary/aromatic N) is 1. The maximum absolute atomic E-state index is 11.8. The number of hydrogen-bond acceptors (Lipinski definition) is 4. The summed E-state index contributed by atoms with van der Waals surface area (Å²) in [6, 6.07) is 0.293. The summed E-state index contributed by atoms with van der Waals surface area (Å²) in [5, 5.41) is 1.35. The number of amides is 1. The molecule has 18 heavy (non-hydrogen) atoms. The van der Waals surface area contributed by atoms with Gasteiger partial charge in [-0.1, -0.05) is 0 Å². The van der Waals surface area contributed by atoms with Crippen LogP contribution in [0.2, 0.25) is 0 Å². The molecule has 1 amide bonds. The molecule has 2 N–H and O–H groups in total. The summed E-state index contributed by atoms with van der Waals surface area (Å²) < 4.78 is 5.29. The molecule has 2 fully saturated rings. The van der Waals surface area contributed by atoms with Crippen molar-refractivity contribution in [3.8, 4) is 0 Å². The molecule has 1 saturated heterocycles. The largest absolute Gasteiger partial charge is 0.442 e. The average Bonchev–Trinajstić information content (AvgIpc) is 2.58. The smallest absolute Gasteiger partial charge is 0.434 e. The van der Waals surface area contributed by atoms with Gasteiger partial charge in [-0.25, -0.2) is 4.79 Å². The summed E-state index contributed by atoms with van der Waals surface area (Å²) in [6.45, 7) is 6.74. The number of nitrogens with two attached hydrogens (primary N) is 1. The highest BCUT2D eigenvalue weighted by atomic mass is 16.7. The molecule has 104 valence electrons. The Bertz CT molecular complexity index is 317. The van der Waals surface area contributed by atoms with E-state index in [1.54, 1.807) is 0 Å². The Morgan fingerprint density at radius 2 is 2.17 bits per heavy atom. The van der Waals surface area contributed by atoms with Gasteiger partial charge in [-0.05, 0) is 51.9 Å². The minimum atomic E-state index is -0.481. The zero-order chi connectivity index (χ0) is 13.4. The van der Waals surface area contributed by atoms with Gasteiger partial charge in [0.25, 0.3) is 0 Å². The fraction of sp³-hybridized carbons (Fsp3) is 0.923. The van der Waals surface area contributed by atoms with E-state index in [9.17, 15) is 4.79 Å². The fourth-order valence-corrected chi connectivity index (χ4v) is 2.76. The standard InChI is InChI=1S/C13H24N2O3/c1-12(2,3)18-11(16)15-7-6-13(9-17-15)5-4-10(14)8-13/h10H,4-9,14H2,1-3H3. The van der Waals surface area contributed by atoms with E-state index >= 15 is 0 Å². The third-order valence-corrected chi connectivity index (χ3v) is 3.71. The molecule has 0 aromatic carbocycles. The van der Waals surface area contributed by atoms with E-state index in [0.29, 0.717) is 19.2 Å². The van der Waals surface area contributed by atoms with E-state index < -0.39 is 5.60 Å². The van der Waals surface area contributed by atoms with Crippen LogP contribution in [0, 0.1) is 5.41 Å². The number of carbonyl (C=O) groups is 1. The van der Waals surface area contributed by atoms with E-state index in [4.69, 9.17) is 15.3 Å². The molecule has 5 heteroatoms. The van der Waals surface area contributed by atoms with E-state index in [2.05, 4.69) is 0 Å². The topological polar surface area (TPSA) is 64.8 Å². The third-order valence-electron chi connectivity index (χ3n) is 3.71. The first-order valence-corrected chi connectivity index (χ1v) is 6.69. The quantitative estimate of drug-likeness (QED) is 0.720. The number of hydroxylamine groups is 2. The lowest BCUT2D eigenvalue weighted by atomic mass is 9.82. The second-order valence-corrected chi connectivity index (χ2v) is 6.61. The molecule has 2 atom stereocenters. The van der Waals surface area contributed by atoms with Crippen LogP contribution < -0.4 is 5.73 Å². The molecule has 0 radical (unpaired) electrons. The van der Waals surface area contributed by atoms with Gasteiger partial charge in [0.05, 0.1) is 13.2 Å². The molecule has 0 bridgehead atoms. The van der Waals surface area contributed by atoms with Crippen LogP contribution in [0.25, 0.3) is 0 Å². The SMILES string of the molecule is CC(C)(C)OC(=O)N1CCC2(CCC(N)C2)CO1. The van der Waals surface area contributed by atoms with Gasteiger partial charge in [-0.15, -0.1) is 0 Å². The first-order chi connectivity index (χ1) is 8.30. The molecule has 1 heterocycles. The molecule has 2 aliphatic rings. The maximum atomic E-state index is 11.8. The highest BCUT2D eigenvalue weighted by molar-refractivity contribution is 5.66. The van der Waals surface area contributed by atoms with Crippen LogP contribution in [-0.4, -0.2) is 36.0 Å². The first-order valence-electron chi connectivity index (χ1n) is 6.69. The van der Waals surface area contributed by atoms with Gasteiger partial charge >= 0.3 is 6.09 Å². The van der Waals surface area contributed by atoms with Crippen LogP contribution in [0.5, 0.6) is 0 Å². The summed E-state index contributed by atoms with van der Waals surface area (Å²) >= 11 is 0. The molecule has 0 aromatic rings. The van der Waals surface area contributed by atoms with E-state index in [1.165, 1.54) is 5.06 Å². The number of ether oxygens (including phenoxy) is 1. The molecular weight excluding hydrogens is 232 g/mol. The molecule has 1 aliphatic carbocycles. The Kier molecular flexibility index (Phi) is 3.56. The summed E-state index contributed by atoms with van der Waals surface area (Å²) in [7, 11) is 0. The molecule has 1 spiro atoms. The van der Waals surface area contributed by atoms with Gasteiger partial charge < -0.3 is 10.5 Å². The molecule has 1 saturated carbocycles. The van der Waals surface area contributed by atoms with Crippen molar-refractivity contribution in [2.75, 3.05) is 13.2 Å². The van der Waals surface area contributed by atoms with Crippen molar-refractivity contribution in [3.05, 3.63) is 0 Å². The number of rotatable bonds is 0. The molecular formula is C13H24N2O3. The fourth-order valence-electron chi connectivity index (χ4n) is 2.76.